The predicted molar refractivity (Wildman–Crippen MR) is 82.9 cm³/mol. The van der Waals surface area contributed by atoms with Crippen LogP contribution in [0.15, 0.2) is 18.2 Å². The van der Waals surface area contributed by atoms with Gasteiger partial charge in [0.2, 0.25) is 0 Å². The monoisotopic (exact) mass is 261 g/mol. The molecule has 19 heavy (non-hydrogen) atoms. The van der Waals surface area contributed by atoms with Gasteiger partial charge in [-0.2, -0.15) is 0 Å². The van der Waals surface area contributed by atoms with Gasteiger partial charge >= 0.3 is 0 Å². The highest BCUT2D eigenvalue weighted by atomic mass is 15.3. The molecule has 2 rings (SSSR count). The molecular formula is C16H27N3. The van der Waals surface area contributed by atoms with E-state index in [1.54, 1.807) is 0 Å². The van der Waals surface area contributed by atoms with Crippen molar-refractivity contribution in [3.05, 3.63) is 29.3 Å². The Hall–Kier alpha value is -1.06. The van der Waals surface area contributed by atoms with E-state index >= 15 is 0 Å². The van der Waals surface area contributed by atoms with Gasteiger partial charge in [-0.1, -0.05) is 24.6 Å². The minimum atomic E-state index is 0.585. The summed E-state index contributed by atoms with van der Waals surface area (Å²) in [6.07, 6.45) is 0. The largest absolute Gasteiger partial charge is 0.366 e. The number of rotatable bonds is 4. The van der Waals surface area contributed by atoms with Gasteiger partial charge in [-0.15, -0.1) is 0 Å². The van der Waals surface area contributed by atoms with Gasteiger partial charge in [-0.05, 0) is 39.1 Å². The van der Waals surface area contributed by atoms with E-state index < -0.39 is 0 Å². The van der Waals surface area contributed by atoms with E-state index in [-0.39, 0.29) is 0 Å². The summed E-state index contributed by atoms with van der Waals surface area (Å²) in [6.45, 7) is 12.1. The molecule has 3 nitrogen and oxygen atoms in total. The number of piperazine rings is 1. The first kappa shape index (κ1) is 14.4. The van der Waals surface area contributed by atoms with Crippen LogP contribution in [0.4, 0.5) is 5.69 Å². The van der Waals surface area contributed by atoms with Gasteiger partial charge in [0.05, 0.1) is 0 Å². The molecule has 1 N–H and O–H groups in total. The third-order valence-corrected chi connectivity index (χ3v) is 3.94. The zero-order valence-corrected chi connectivity index (χ0v) is 12.7. The summed E-state index contributed by atoms with van der Waals surface area (Å²) in [5.74, 6) is 0. The molecule has 1 fully saturated rings. The number of nitrogens with one attached hydrogen (secondary N) is 1. The van der Waals surface area contributed by atoms with Crippen molar-refractivity contribution in [2.45, 2.75) is 33.4 Å². The van der Waals surface area contributed by atoms with Crippen LogP contribution in [0.5, 0.6) is 0 Å². The van der Waals surface area contributed by atoms with Gasteiger partial charge in [0.25, 0.3) is 0 Å². The lowest BCUT2D eigenvalue weighted by Gasteiger charge is -2.40. The van der Waals surface area contributed by atoms with Crippen LogP contribution in [0.25, 0.3) is 0 Å². The molecule has 1 aliphatic rings. The van der Waals surface area contributed by atoms with Crippen molar-refractivity contribution in [2.75, 3.05) is 38.1 Å². The molecule has 1 aromatic carbocycles. The summed E-state index contributed by atoms with van der Waals surface area (Å²) >= 11 is 0. The van der Waals surface area contributed by atoms with Crippen LogP contribution in [-0.2, 0) is 6.54 Å². The molecule has 0 amide bonds. The van der Waals surface area contributed by atoms with E-state index in [2.05, 4.69) is 61.1 Å². The molecule has 0 radical (unpaired) electrons. The number of hydrogen-bond acceptors (Lipinski definition) is 3. The minimum Gasteiger partial charge on any atom is -0.366 e. The van der Waals surface area contributed by atoms with Gasteiger partial charge in [-0.25, -0.2) is 0 Å². The van der Waals surface area contributed by atoms with E-state index in [9.17, 15) is 0 Å². The van der Waals surface area contributed by atoms with Gasteiger partial charge in [0.15, 0.2) is 0 Å². The van der Waals surface area contributed by atoms with Crippen molar-refractivity contribution in [1.82, 2.24) is 10.2 Å². The smallest absolute Gasteiger partial charge is 0.0415 e. The van der Waals surface area contributed by atoms with Crippen LogP contribution in [0.1, 0.15) is 25.0 Å². The SMILES string of the molecule is CCNCc1cc(C)ccc1N1CCN(C)CC1C. The van der Waals surface area contributed by atoms with E-state index in [0.29, 0.717) is 6.04 Å². The molecule has 1 aliphatic heterocycles. The maximum atomic E-state index is 3.46. The van der Waals surface area contributed by atoms with Gasteiger partial charge in [0, 0.05) is 37.9 Å². The van der Waals surface area contributed by atoms with Crippen LogP contribution < -0.4 is 10.2 Å². The van der Waals surface area contributed by atoms with Crippen LogP contribution in [-0.4, -0.2) is 44.2 Å². The van der Waals surface area contributed by atoms with Crippen molar-refractivity contribution < 1.29 is 0 Å². The number of hydrogen-bond donors (Lipinski definition) is 1. The molecule has 3 heteroatoms. The Morgan fingerprint density at radius 3 is 2.79 bits per heavy atom. The highest BCUT2D eigenvalue weighted by molar-refractivity contribution is 5.56. The first-order chi connectivity index (χ1) is 9.11. The molecule has 1 aromatic rings. The number of anilines is 1. The van der Waals surface area contributed by atoms with Gasteiger partial charge in [-0.3, -0.25) is 0 Å². The highest BCUT2D eigenvalue weighted by Crippen LogP contribution is 2.25. The second-order valence-corrected chi connectivity index (χ2v) is 5.72. The number of nitrogens with zero attached hydrogens (tertiary/aromatic N) is 2. The van der Waals surface area contributed by atoms with Crippen molar-refractivity contribution in [2.24, 2.45) is 0 Å². The van der Waals surface area contributed by atoms with Crippen LogP contribution in [0, 0.1) is 6.92 Å². The minimum absolute atomic E-state index is 0.585. The van der Waals surface area contributed by atoms with Crippen molar-refractivity contribution in [1.29, 1.82) is 0 Å². The molecule has 1 heterocycles. The van der Waals surface area contributed by atoms with Gasteiger partial charge in [0.1, 0.15) is 0 Å². The highest BCUT2D eigenvalue weighted by Gasteiger charge is 2.23. The molecule has 1 atom stereocenters. The lowest BCUT2D eigenvalue weighted by atomic mass is 10.1. The first-order valence-corrected chi connectivity index (χ1v) is 7.37. The Balaban J connectivity index is 2.22. The first-order valence-electron chi connectivity index (χ1n) is 7.37. The molecule has 1 saturated heterocycles. The average Bonchev–Trinajstić information content (AvgIpc) is 2.37. The normalized spacial score (nSPS) is 20.8. The van der Waals surface area contributed by atoms with Crippen LogP contribution in [0.2, 0.25) is 0 Å². The van der Waals surface area contributed by atoms with Gasteiger partial charge < -0.3 is 15.1 Å². The average molecular weight is 261 g/mol. The van der Waals surface area contributed by atoms with Crippen molar-refractivity contribution in [3.8, 4) is 0 Å². The maximum Gasteiger partial charge on any atom is 0.0415 e. The fourth-order valence-corrected chi connectivity index (χ4v) is 2.89. The molecule has 106 valence electrons. The second-order valence-electron chi connectivity index (χ2n) is 5.72. The second kappa shape index (κ2) is 6.40. The zero-order chi connectivity index (χ0) is 13.8. The Labute approximate surface area is 117 Å². The molecule has 0 saturated carbocycles. The molecule has 0 spiro atoms. The number of likely N-dealkylation sites (N-methyl/N-ethyl adjacent to an activating group) is 1. The number of benzene rings is 1. The van der Waals surface area contributed by atoms with Crippen LogP contribution in [0.3, 0.4) is 0 Å². The Kier molecular flexibility index (Phi) is 4.83. The quantitative estimate of drug-likeness (QED) is 0.897. The van der Waals surface area contributed by atoms with Crippen molar-refractivity contribution in [3.63, 3.8) is 0 Å². The standard InChI is InChI=1S/C16H27N3/c1-5-17-11-15-10-13(2)6-7-16(15)19-9-8-18(4)12-14(19)3/h6-7,10,14,17H,5,8-9,11-12H2,1-4H3. The number of aryl methyl sites for hydroxylation is 1. The molecule has 0 aromatic heterocycles. The lowest BCUT2D eigenvalue weighted by molar-refractivity contribution is 0.275. The Morgan fingerprint density at radius 2 is 2.11 bits per heavy atom. The Morgan fingerprint density at radius 1 is 1.32 bits per heavy atom. The van der Waals surface area contributed by atoms with Crippen molar-refractivity contribution >= 4 is 5.69 Å². The zero-order valence-electron chi connectivity index (χ0n) is 12.7. The molecule has 0 bridgehead atoms. The Bertz CT molecular complexity index is 416. The third-order valence-electron chi connectivity index (χ3n) is 3.94. The summed E-state index contributed by atoms with van der Waals surface area (Å²) in [4.78, 5) is 4.98. The summed E-state index contributed by atoms with van der Waals surface area (Å²) in [5.41, 5.74) is 4.18. The fourth-order valence-electron chi connectivity index (χ4n) is 2.89. The molecular weight excluding hydrogens is 234 g/mol. The summed E-state index contributed by atoms with van der Waals surface area (Å²) in [5, 5.41) is 3.46. The topological polar surface area (TPSA) is 18.5 Å². The van der Waals surface area contributed by atoms with E-state index in [1.807, 2.05) is 0 Å². The van der Waals surface area contributed by atoms with Crippen LogP contribution >= 0.6 is 0 Å². The van der Waals surface area contributed by atoms with E-state index in [1.165, 1.54) is 16.8 Å². The third kappa shape index (κ3) is 3.48. The summed E-state index contributed by atoms with van der Waals surface area (Å²) < 4.78 is 0. The maximum absolute atomic E-state index is 3.46. The lowest BCUT2D eigenvalue weighted by Crippen LogP contribution is -2.50. The predicted octanol–water partition coefficient (Wildman–Crippen LogP) is 2.24. The molecule has 1 unspecified atom stereocenters. The fraction of sp³-hybridized carbons (Fsp3) is 0.625. The summed E-state index contributed by atoms with van der Waals surface area (Å²) in [6, 6.07) is 7.43. The molecule has 0 aliphatic carbocycles. The summed E-state index contributed by atoms with van der Waals surface area (Å²) in [7, 11) is 2.21. The van der Waals surface area contributed by atoms with E-state index in [0.717, 1.165) is 32.7 Å². The van der Waals surface area contributed by atoms with E-state index in [4.69, 9.17) is 0 Å².